The monoisotopic (exact) mass is 169 g/mol. The third kappa shape index (κ3) is 1.85. The second kappa shape index (κ2) is 3.72. The molecule has 0 aromatic rings. The molecule has 0 bridgehead atoms. The van der Waals surface area contributed by atoms with E-state index < -0.39 is 0 Å². The van der Waals surface area contributed by atoms with E-state index in [4.69, 9.17) is 4.74 Å². The Morgan fingerprint density at radius 3 is 2.92 bits per heavy atom. The van der Waals surface area contributed by atoms with Crippen molar-refractivity contribution in [3.63, 3.8) is 0 Å². The summed E-state index contributed by atoms with van der Waals surface area (Å²) >= 11 is 0. The van der Waals surface area contributed by atoms with Crippen LogP contribution in [0.2, 0.25) is 0 Å². The van der Waals surface area contributed by atoms with Crippen LogP contribution in [-0.4, -0.2) is 31.1 Å². The van der Waals surface area contributed by atoms with E-state index in [0.717, 1.165) is 18.5 Å². The maximum absolute atomic E-state index is 11.4. The van der Waals surface area contributed by atoms with Crippen LogP contribution in [0.5, 0.6) is 0 Å². The number of methoxy groups -OCH3 is 1. The van der Waals surface area contributed by atoms with Crippen LogP contribution >= 0.6 is 0 Å². The summed E-state index contributed by atoms with van der Waals surface area (Å²) in [4.78, 5) is 13.0. The molecule has 0 spiro atoms. The molecule has 0 N–H and O–H groups in total. The Morgan fingerprint density at radius 1 is 1.67 bits per heavy atom. The van der Waals surface area contributed by atoms with E-state index in [1.807, 2.05) is 0 Å². The smallest absolute Gasteiger partial charge is 0.229 e. The van der Waals surface area contributed by atoms with Gasteiger partial charge in [-0.2, -0.15) is 0 Å². The highest BCUT2D eigenvalue weighted by Crippen LogP contribution is 2.19. The maximum atomic E-state index is 11.4. The maximum Gasteiger partial charge on any atom is 0.229 e. The van der Waals surface area contributed by atoms with Gasteiger partial charge >= 0.3 is 0 Å². The first-order valence-electron chi connectivity index (χ1n) is 4.12. The molecular formula is C9H15NO2. The second-order valence-corrected chi connectivity index (χ2v) is 3.12. The summed E-state index contributed by atoms with van der Waals surface area (Å²) in [5.74, 6) is 0.101. The van der Waals surface area contributed by atoms with E-state index in [1.165, 1.54) is 0 Å². The average Bonchev–Trinajstić information content (AvgIpc) is 2.19. The molecule has 3 heteroatoms. The summed E-state index contributed by atoms with van der Waals surface area (Å²) in [6, 6.07) is 0. The van der Waals surface area contributed by atoms with Gasteiger partial charge < -0.3 is 9.64 Å². The quantitative estimate of drug-likeness (QED) is 0.589. The minimum atomic E-state index is 0.0687. The molecule has 0 saturated carbocycles. The Hall–Kier alpha value is -0.830. The molecule has 0 aliphatic carbocycles. The number of ether oxygens (including phenoxy) is 1. The lowest BCUT2D eigenvalue weighted by molar-refractivity contribution is -0.129. The highest BCUT2D eigenvalue weighted by Gasteiger charge is 2.22. The van der Waals surface area contributed by atoms with Crippen LogP contribution in [0.25, 0.3) is 0 Å². The van der Waals surface area contributed by atoms with Gasteiger partial charge in [0.15, 0.2) is 0 Å². The number of allylic oxidation sites excluding steroid dienone is 1. The number of hydrogen-bond acceptors (Lipinski definition) is 2. The molecule has 1 unspecified atom stereocenters. The minimum absolute atomic E-state index is 0.0687. The zero-order chi connectivity index (χ0) is 9.14. The number of rotatable bonds is 1. The van der Waals surface area contributed by atoms with E-state index >= 15 is 0 Å². The molecule has 1 heterocycles. The number of carbonyl (C=O) groups excluding carboxylic acids is 1. The summed E-state index contributed by atoms with van der Waals surface area (Å²) in [5.41, 5.74) is 0.888. The van der Waals surface area contributed by atoms with Crippen molar-refractivity contribution in [2.45, 2.75) is 25.4 Å². The molecule has 0 radical (unpaired) electrons. The molecule has 1 amide bonds. The van der Waals surface area contributed by atoms with Crippen LogP contribution in [0, 0.1) is 0 Å². The summed E-state index contributed by atoms with van der Waals surface area (Å²) in [5, 5.41) is 0. The van der Waals surface area contributed by atoms with Gasteiger partial charge in [0.05, 0.1) is 12.5 Å². The summed E-state index contributed by atoms with van der Waals surface area (Å²) in [7, 11) is 3.41. The van der Waals surface area contributed by atoms with Crippen molar-refractivity contribution in [1.29, 1.82) is 0 Å². The van der Waals surface area contributed by atoms with Crippen molar-refractivity contribution < 1.29 is 9.53 Å². The molecule has 1 fully saturated rings. The van der Waals surface area contributed by atoms with Crippen molar-refractivity contribution in [1.82, 2.24) is 4.90 Å². The van der Waals surface area contributed by atoms with Crippen LogP contribution in [0.1, 0.15) is 19.3 Å². The molecule has 3 nitrogen and oxygen atoms in total. The van der Waals surface area contributed by atoms with Crippen molar-refractivity contribution in [2.75, 3.05) is 14.2 Å². The van der Waals surface area contributed by atoms with Crippen LogP contribution in [0.4, 0.5) is 0 Å². The Balaban J connectivity index is 2.65. The normalized spacial score (nSPS) is 25.8. The summed E-state index contributed by atoms with van der Waals surface area (Å²) in [6.45, 7) is 3.82. The van der Waals surface area contributed by atoms with Gasteiger partial charge in [0.2, 0.25) is 5.91 Å². The zero-order valence-corrected chi connectivity index (χ0v) is 7.67. The van der Waals surface area contributed by atoms with E-state index in [-0.39, 0.29) is 12.0 Å². The van der Waals surface area contributed by atoms with Gasteiger partial charge in [-0.15, -0.1) is 0 Å². The molecule has 0 aromatic carbocycles. The fourth-order valence-corrected chi connectivity index (χ4v) is 1.31. The predicted octanol–water partition coefficient (Wildman–Crippen LogP) is 1.16. The minimum Gasteiger partial charge on any atom is -0.381 e. The molecule has 1 rings (SSSR count). The first kappa shape index (κ1) is 9.26. The topological polar surface area (TPSA) is 29.5 Å². The number of likely N-dealkylation sites (tertiary alicyclic amines) is 1. The first-order chi connectivity index (χ1) is 5.65. The Labute approximate surface area is 73.0 Å². The molecule has 12 heavy (non-hydrogen) atoms. The molecule has 0 aromatic heterocycles. The SMILES string of the molecule is C=C1CCC(OC)CC(=O)N1C. The number of hydrogen-bond donors (Lipinski definition) is 0. The average molecular weight is 169 g/mol. The van der Waals surface area contributed by atoms with Gasteiger partial charge in [0.25, 0.3) is 0 Å². The Morgan fingerprint density at radius 2 is 2.33 bits per heavy atom. The van der Waals surface area contributed by atoms with Crippen molar-refractivity contribution in [3.05, 3.63) is 12.3 Å². The molecule has 1 aliphatic heterocycles. The largest absolute Gasteiger partial charge is 0.381 e. The van der Waals surface area contributed by atoms with Gasteiger partial charge in [-0.3, -0.25) is 4.79 Å². The van der Waals surface area contributed by atoms with Crippen LogP contribution in [0.15, 0.2) is 12.3 Å². The van der Waals surface area contributed by atoms with E-state index in [1.54, 1.807) is 19.1 Å². The highest BCUT2D eigenvalue weighted by molar-refractivity contribution is 5.78. The van der Waals surface area contributed by atoms with Gasteiger partial charge in [-0.1, -0.05) is 6.58 Å². The van der Waals surface area contributed by atoms with Crippen LogP contribution in [0.3, 0.4) is 0 Å². The lowest BCUT2D eigenvalue weighted by atomic mass is 10.1. The third-order valence-corrected chi connectivity index (χ3v) is 2.34. The van der Waals surface area contributed by atoms with Crippen LogP contribution in [-0.2, 0) is 9.53 Å². The molecular weight excluding hydrogens is 154 g/mol. The summed E-state index contributed by atoms with van der Waals surface area (Å²) in [6.07, 6.45) is 2.29. The molecule has 1 atom stereocenters. The second-order valence-electron chi connectivity index (χ2n) is 3.12. The standard InChI is InChI=1S/C9H15NO2/c1-7-4-5-8(12-3)6-9(11)10(7)2/h8H,1,4-6H2,2-3H3. The Bertz CT molecular complexity index is 201. The third-order valence-electron chi connectivity index (χ3n) is 2.34. The van der Waals surface area contributed by atoms with E-state index in [9.17, 15) is 4.79 Å². The van der Waals surface area contributed by atoms with Crippen molar-refractivity contribution >= 4 is 5.91 Å². The zero-order valence-electron chi connectivity index (χ0n) is 7.67. The van der Waals surface area contributed by atoms with Gasteiger partial charge in [0.1, 0.15) is 0 Å². The predicted molar refractivity (Wildman–Crippen MR) is 46.6 cm³/mol. The number of nitrogens with zero attached hydrogens (tertiary/aromatic N) is 1. The lowest BCUT2D eigenvalue weighted by Gasteiger charge is -2.15. The number of amides is 1. The lowest BCUT2D eigenvalue weighted by Crippen LogP contribution is -2.25. The number of carbonyl (C=O) groups is 1. The Kier molecular flexibility index (Phi) is 2.87. The molecule has 1 aliphatic rings. The van der Waals surface area contributed by atoms with Crippen LogP contribution < -0.4 is 0 Å². The highest BCUT2D eigenvalue weighted by atomic mass is 16.5. The van der Waals surface area contributed by atoms with Gasteiger partial charge in [-0.25, -0.2) is 0 Å². The first-order valence-corrected chi connectivity index (χ1v) is 4.12. The van der Waals surface area contributed by atoms with E-state index in [2.05, 4.69) is 6.58 Å². The fourth-order valence-electron chi connectivity index (χ4n) is 1.31. The molecule has 1 saturated heterocycles. The van der Waals surface area contributed by atoms with Crippen molar-refractivity contribution in [2.24, 2.45) is 0 Å². The molecule has 68 valence electrons. The fraction of sp³-hybridized carbons (Fsp3) is 0.667. The van der Waals surface area contributed by atoms with Crippen molar-refractivity contribution in [3.8, 4) is 0 Å². The van der Waals surface area contributed by atoms with Gasteiger partial charge in [-0.05, 0) is 12.8 Å². The van der Waals surface area contributed by atoms with Gasteiger partial charge in [0, 0.05) is 19.9 Å². The van der Waals surface area contributed by atoms with E-state index in [0.29, 0.717) is 6.42 Å². The summed E-state index contributed by atoms with van der Waals surface area (Å²) < 4.78 is 5.15.